The highest BCUT2D eigenvalue weighted by atomic mass is 16.3. The normalized spacial score (nSPS) is 10.9. The summed E-state index contributed by atoms with van der Waals surface area (Å²) in [6.07, 6.45) is 0. The van der Waals surface area contributed by atoms with Gasteiger partial charge < -0.3 is 10.8 Å². The van der Waals surface area contributed by atoms with Crippen LogP contribution < -0.4 is 5.73 Å². The van der Waals surface area contributed by atoms with Crippen molar-refractivity contribution in [3.05, 3.63) is 48.2 Å². The van der Waals surface area contributed by atoms with Crippen LogP contribution in [-0.2, 0) is 6.54 Å². The molecule has 21 heavy (non-hydrogen) atoms. The third-order valence-corrected chi connectivity index (χ3v) is 3.21. The van der Waals surface area contributed by atoms with Crippen LogP contribution in [0.1, 0.15) is 10.5 Å². The number of hydrogen-bond acceptors (Lipinski definition) is 4. The molecule has 106 valence electrons. The number of carbonyl (C=O) groups is 1. The Morgan fingerprint density at radius 3 is 2.76 bits per heavy atom. The molecule has 0 bridgehead atoms. The first-order chi connectivity index (χ1) is 10.2. The van der Waals surface area contributed by atoms with E-state index in [0.717, 1.165) is 10.9 Å². The van der Waals surface area contributed by atoms with Crippen molar-refractivity contribution in [3.63, 3.8) is 0 Å². The first kappa shape index (κ1) is 13.3. The zero-order valence-corrected chi connectivity index (χ0v) is 11.2. The number of para-hydroxylation sites is 1. The molecule has 0 unspecified atom stereocenters. The lowest BCUT2D eigenvalue weighted by Crippen LogP contribution is -2.18. The van der Waals surface area contributed by atoms with E-state index in [2.05, 4.69) is 10.1 Å². The number of nitrogens with two attached hydrogens (primary N) is 1. The fourth-order valence-electron chi connectivity index (χ4n) is 2.21. The fourth-order valence-corrected chi connectivity index (χ4v) is 2.21. The first-order valence-corrected chi connectivity index (χ1v) is 6.54. The van der Waals surface area contributed by atoms with Gasteiger partial charge in [-0.25, -0.2) is 4.98 Å². The van der Waals surface area contributed by atoms with E-state index in [1.807, 2.05) is 36.4 Å². The highest BCUT2D eigenvalue weighted by Crippen LogP contribution is 2.20. The lowest BCUT2D eigenvalue weighted by atomic mass is 10.2. The minimum atomic E-state index is -0.581. The number of aliphatic hydroxyl groups excluding tert-OH is 1. The average molecular weight is 282 g/mol. The Morgan fingerprint density at radius 1 is 1.19 bits per heavy atom. The zero-order valence-electron chi connectivity index (χ0n) is 11.2. The Bertz CT molecular complexity index is 810. The summed E-state index contributed by atoms with van der Waals surface area (Å²) in [7, 11) is 0. The summed E-state index contributed by atoms with van der Waals surface area (Å²) in [5.74, 6) is -0.581. The van der Waals surface area contributed by atoms with Gasteiger partial charge in [0.05, 0.1) is 24.4 Å². The van der Waals surface area contributed by atoms with Crippen LogP contribution >= 0.6 is 0 Å². The maximum Gasteiger partial charge on any atom is 0.266 e. The van der Waals surface area contributed by atoms with Gasteiger partial charge in [0.2, 0.25) is 0 Å². The van der Waals surface area contributed by atoms with Crippen molar-refractivity contribution in [2.45, 2.75) is 6.54 Å². The second kappa shape index (κ2) is 5.34. The smallest absolute Gasteiger partial charge is 0.266 e. The fraction of sp³-hybridized carbons (Fsp3) is 0.133. The van der Waals surface area contributed by atoms with Gasteiger partial charge in [0.1, 0.15) is 11.4 Å². The summed E-state index contributed by atoms with van der Waals surface area (Å²) in [5.41, 5.74) is 7.66. The maximum absolute atomic E-state index is 11.4. The van der Waals surface area contributed by atoms with Crippen molar-refractivity contribution in [3.8, 4) is 11.4 Å². The van der Waals surface area contributed by atoms with Crippen LogP contribution in [0.25, 0.3) is 22.3 Å². The minimum absolute atomic E-state index is 0.119. The second-order valence-corrected chi connectivity index (χ2v) is 4.62. The van der Waals surface area contributed by atoms with E-state index < -0.39 is 5.91 Å². The van der Waals surface area contributed by atoms with E-state index >= 15 is 0 Å². The number of aliphatic hydroxyl groups is 1. The molecule has 3 rings (SSSR count). The van der Waals surface area contributed by atoms with Gasteiger partial charge >= 0.3 is 0 Å². The van der Waals surface area contributed by atoms with Crippen LogP contribution in [0.2, 0.25) is 0 Å². The monoisotopic (exact) mass is 282 g/mol. The van der Waals surface area contributed by atoms with Crippen molar-refractivity contribution in [2.75, 3.05) is 6.61 Å². The number of nitrogens with zero attached hydrogens (tertiary/aromatic N) is 3. The number of primary amides is 1. The molecule has 6 heteroatoms. The lowest BCUT2D eigenvalue weighted by molar-refractivity contribution is 0.0988. The molecule has 0 saturated heterocycles. The molecule has 0 fully saturated rings. The molecule has 0 spiro atoms. The molecule has 0 aliphatic carbocycles. The number of fused-ring (bicyclic) bond motifs is 1. The van der Waals surface area contributed by atoms with Crippen LogP contribution in [0.5, 0.6) is 0 Å². The quantitative estimate of drug-likeness (QED) is 0.751. The summed E-state index contributed by atoms with van der Waals surface area (Å²) < 4.78 is 1.40. The van der Waals surface area contributed by atoms with E-state index in [0.29, 0.717) is 11.4 Å². The predicted octanol–water partition coefficient (Wildman–Crippen LogP) is 1.19. The van der Waals surface area contributed by atoms with E-state index in [-0.39, 0.29) is 18.8 Å². The molecule has 0 saturated carbocycles. The molecule has 3 aromatic rings. The van der Waals surface area contributed by atoms with Crippen LogP contribution in [0, 0.1) is 0 Å². The summed E-state index contributed by atoms with van der Waals surface area (Å²) in [6, 6.07) is 13.1. The lowest BCUT2D eigenvalue weighted by Gasteiger charge is -2.01. The van der Waals surface area contributed by atoms with Gasteiger partial charge in [-0.2, -0.15) is 5.10 Å². The number of benzene rings is 1. The largest absolute Gasteiger partial charge is 0.394 e. The van der Waals surface area contributed by atoms with Crippen LogP contribution in [-0.4, -0.2) is 32.4 Å². The van der Waals surface area contributed by atoms with Gasteiger partial charge in [-0.1, -0.05) is 24.3 Å². The van der Waals surface area contributed by atoms with Crippen LogP contribution in [0.3, 0.4) is 0 Å². The summed E-state index contributed by atoms with van der Waals surface area (Å²) in [6.45, 7) is 0.0956. The van der Waals surface area contributed by atoms with Crippen molar-refractivity contribution in [2.24, 2.45) is 5.73 Å². The molecule has 0 atom stereocenters. The van der Waals surface area contributed by atoms with E-state index in [1.165, 1.54) is 4.68 Å². The van der Waals surface area contributed by atoms with Crippen LogP contribution in [0.15, 0.2) is 42.5 Å². The topological polar surface area (TPSA) is 94.0 Å². The molecule has 2 aromatic heterocycles. The van der Waals surface area contributed by atoms with Crippen molar-refractivity contribution in [1.82, 2.24) is 14.8 Å². The summed E-state index contributed by atoms with van der Waals surface area (Å²) >= 11 is 0. The highest BCUT2D eigenvalue weighted by molar-refractivity contribution is 5.92. The molecule has 2 heterocycles. The molecule has 0 radical (unpaired) electrons. The number of aromatic nitrogens is 3. The van der Waals surface area contributed by atoms with Gasteiger partial charge in [0, 0.05) is 5.39 Å². The molecule has 6 nitrogen and oxygen atoms in total. The van der Waals surface area contributed by atoms with Gasteiger partial charge in [0.15, 0.2) is 0 Å². The van der Waals surface area contributed by atoms with E-state index in [9.17, 15) is 4.79 Å². The summed E-state index contributed by atoms with van der Waals surface area (Å²) in [5, 5.41) is 14.3. The SMILES string of the molecule is NC(=O)c1cc(-c2ccc3ccccc3n2)nn1CCO. The highest BCUT2D eigenvalue weighted by Gasteiger charge is 2.14. The Hall–Kier alpha value is -2.73. The predicted molar refractivity (Wildman–Crippen MR) is 78.6 cm³/mol. The third-order valence-electron chi connectivity index (χ3n) is 3.21. The summed E-state index contributed by atoms with van der Waals surface area (Å²) in [4.78, 5) is 15.9. The van der Waals surface area contributed by atoms with Gasteiger partial charge in [-0.3, -0.25) is 9.48 Å². The maximum atomic E-state index is 11.4. The minimum Gasteiger partial charge on any atom is -0.394 e. The Labute approximate surface area is 120 Å². The first-order valence-electron chi connectivity index (χ1n) is 6.54. The second-order valence-electron chi connectivity index (χ2n) is 4.62. The molecule has 3 N–H and O–H groups in total. The molecule has 0 aliphatic heterocycles. The van der Waals surface area contributed by atoms with Crippen molar-refractivity contribution < 1.29 is 9.90 Å². The molecule has 1 amide bonds. The molecule has 0 aliphatic rings. The van der Waals surface area contributed by atoms with Gasteiger partial charge in [-0.05, 0) is 18.2 Å². The van der Waals surface area contributed by atoms with E-state index in [4.69, 9.17) is 10.8 Å². The molecule has 1 aromatic carbocycles. The Morgan fingerprint density at radius 2 is 2.00 bits per heavy atom. The molecular weight excluding hydrogens is 268 g/mol. The number of pyridine rings is 1. The third kappa shape index (κ3) is 2.48. The Balaban J connectivity index is 2.09. The Kier molecular flexibility index (Phi) is 3.37. The van der Waals surface area contributed by atoms with Crippen molar-refractivity contribution >= 4 is 16.8 Å². The van der Waals surface area contributed by atoms with Gasteiger partial charge in [0.25, 0.3) is 5.91 Å². The standard InChI is InChI=1S/C15H14N4O2/c16-15(21)14-9-13(18-19(14)7-8-20)12-6-5-10-3-1-2-4-11(10)17-12/h1-6,9,20H,7-8H2,(H2,16,21). The average Bonchev–Trinajstić information content (AvgIpc) is 2.91. The van der Waals surface area contributed by atoms with E-state index in [1.54, 1.807) is 6.07 Å². The number of amides is 1. The van der Waals surface area contributed by atoms with Crippen molar-refractivity contribution in [1.29, 1.82) is 0 Å². The van der Waals surface area contributed by atoms with Gasteiger partial charge in [-0.15, -0.1) is 0 Å². The van der Waals surface area contributed by atoms with Crippen LogP contribution in [0.4, 0.5) is 0 Å². The molecular formula is C15H14N4O2. The number of hydrogen-bond donors (Lipinski definition) is 2. The zero-order chi connectivity index (χ0) is 14.8. The number of carbonyl (C=O) groups excluding carboxylic acids is 1. The number of rotatable bonds is 4.